The first-order chi connectivity index (χ1) is 14.8. The van der Waals surface area contributed by atoms with E-state index in [9.17, 15) is 9.59 Å². The summed E-state index contributed by atoms with van der Waals surface area (Å²) < 4.78 is 13.3. The Bertz CT molecular complexity index is 1070. The minimum absolute atomic E-state index is 0.132. The molecule has 2 aromatic heterocycles. The first-order valence-electron chi connectivity index (χ1n) is 11.3. The number of carbonyl (C=O) groups is 2. The van der Waals surface area contributed by atoms with Crippen LogP contribution in [0.25, 0.3) is 11.2 Å². The van der Waals surface area contributed by atoms with Crippen LogP contribution in [0.15, 0.2) is 12.1 Å². The number of ketones is 1. The smallest absolute Gasteiger partial charge is 0.340 e. The highest BCUT2D eigenvalue weighted by Gasteiger charge is 2.35. The number of fused-ring (bicyclic) bond motifs is 1. The molecule has 1 atom stereocenters. The van der Waals surface area contributed by atoms with Crippen molar-refractivity contribution < 1.29 is 19.1 Å². The Kier molecular flexibility index (Phi) is 6.61. The van der Waals surface area contributed by atoms with Gasteiger partial charge in [0.1, 0.15) is 5.69 Å². The lowest BCUT2D eigenvalue weighted by atomic mass is 9.77. The second kappa shape index (κ2) is 8.77. The maximum Gasteiger partial charge on any atom is 0.340 e. The predicted octanol–water partition coefficient (Wildman–Crippen LogP) is 5.25. The van der Waals surface area contributed by atoms with E-state index in [1.165, 1.54) is 6.92 Å². The lowest BCUT2D eigenvalue weighted by Gasteiger charge is -2.32. The number of aryl methyl sites for hydroxylation is 1. The van der Waals surface area contributed by atoms with E-state index >= 15 is 0 Å². The summed E-state index contributed by atoms with van der Waals surface area (Å²) in [5, 5.41) is 4.57. The summed E-state index contributed by atoms with van der Waals surface area (Å²) in [4.78, 5) is 29.8. The van der Waals surface area contributed by atoms with Gasteiger partial charge >= 0.3 is 5.97 Å². The monoisotopic (exact) mass is 441 g/mol. The van der Waals surface area contributed by atoms with Crippen LogP contribution in [-0.4, -0.2) is 38.6 Å². The van der Waals surface area contributed by atoms with Gasteiger partial charge in [-0.2, -0.15) is 5.10 Å². The molecule has 3 rings (SSSR count). The molecule has 0 saturated carbocycles. The Morgan fingerprint density at radius 3 is 2.50 bits per heavy atom. The van der Waals surface area contributed by atoms with Crippen molar-refractivity contribution in [2.24, 2.45) is 5.41 Å². The molecule has 32 heavy (non-hydrogen) atoms. The van der Waals surface area contributed by atoms with E-state index in [1.807, 2.05) is 27.7 Å². The van der Waals surface area contributed by atoms with Crippen LogP contribution in [0.1, 0.15) is 101 Å². The Morgan fingerprint density at radius 2 is 1.97 bits per heavy atom. The molecule has 7 heteroatoms. The molecule has 0 N–H and O–H groups in total. The number of nitrogens with zero attached hydrogens (tertiary/aromatic N) is 3. The van der Waals surface area contributed by atoms with Crippen molar-refractivity contribution in [1.29, 1.82) is 0 Å². The molecule has 2 heterocycles. The summed E-state index contributed by atoms with van der Waals surface area (Å²) in [6.45, 7) is 15.6. The summed E-state index contributed by atoms with van der Waals surface area (Å²) in [7, 11) is 0. The number of Topliss-reactive ketones (excluding diaryl/α,β-unsaturated/α-hetero) is 1. The molecule has 0 amide bonds. The maximum atomic E-state index is 13.1. The fraction of sp³-hybridized carbons (Fsp3) is 0.600. The molecule has 0 fully saturated rings. The Labute approximate surface area is 190 Å². The molecule has 0 saturated heterocycles. The highest BCUT2D eigenvalue weighted by Crippen LogP contribution is 2.41. The molecule has 0 bridgehead atoms. The van der Waals surface area contributed by atoms with Crippen LogP contribution < -0.4 is 0 Å². The van der Waals surface area contributed by atoms with Crippen LogP contribution >= 0.6 is 0 Å². The molecule has 7 nitrogen and oxygen atoms in total. The Balaban J connectivity index is 2.32. The third-order valence-electron chi connectivity index (χ3n) is 5.70. The average molecular weight is 442 g/mol. The number of rotatable bonds is 6. The van der Waals surface area contributed by atoms with Gasteiger partial charge in [-0.25, -0.2) is 14.3 Å². The van der Waals surface area contributed by atoms with Gasteiger partial charge < -0.3 is 9.47 Å². The quantitative estimate of drug-likeness (QED) is 0.450. The average Bonchev–Trinajstić information content (AvgIpc) is 3.09. The van der Waals surface area contributed by atoms with Gasteiger partial charge in [-0.15, -0.1) is 0 Å². The van der Waals surface area contributed by atoms with E-state index in [2.05, 4.69) is 30.0 Å². The van der Waals surface area contributed by atoms with Crippen molar-refractivity contribution in [2.45, 2.75) is 86.4 Å². The molecule has 2 aromatic rings. The molecule has 174 valence electrons. The number of esters is 1. The van der Waals surface area contributed by atoms with Crippen molar-refractivity contribution in [3.8, 4) is 0 Å². The summed E-state index contributed by atoms with van der Waals surface area (Å²) in [6, 6.07) is 1.69. The maximum absolute atomic E-state index is 13.1. The van der Waals surface area contributed by atoms with Gasteiger partial charge in [-0.05, 0) is 64.9 Å². The molecule has 0 radical (unpaired) electrons. The van der Waals surface area contributed by atoms with E-state index in [0.29, 0.717) is 22.6 Å². The molecular formula is C25H35N3O4. The molecule has 0 spiro atoms. The molecule has 0 aromatic carbocycles. The van der Waals surface area contributed by atoms with Crippen LogP contribution in [0, 0.1) is 12.3 Å². The number of hydrogen-bond donors (Lipinski definition) is 0. The third kappa shape index (κ3) is 5.09. The van der Waals surface area contributed by atoms with Crippen LogP contribution in [0.5, 0.6) is 0 Å². The van der Waals surface area contributed by atoms with Gasteiger partial charge in [0.2, 0.25) is 0 Å². The van der Waals surface area contributed by atoms with E-state index in [-0.39, 0.29) is 17.8 Å². The normalized spacial score (nSPS) is 17.2. The zero-order chi connectivity index (χ0) is 23.8. The van der Waals surface area contributed by atoms with E-state index in [0.717, 1.165) is 30.5 Å². The molecule has 0 unspecified atom stereocenters. The minimum atomic E-state index is -0.956. The van der Waals surface area contributed by atoms with Crippen LogP contribution in [0.2, 0.25) is 0 Å². The molecule has 1 aliphatic carbocycles. The summed E-state index contributed by atoms with van der Waals surface area (Å²) in [5.41, 5.74) is 3.71. The van der Waals surface area contributed by atoms with Gasteiger partial charge in [0.05, 0.1) is 17.9 Å². The van der Waals surface area contributed by atoms with Crippen molar-refractivity contribution in [2.75, 3.05) is 6.61 Å². The van der Waals surface area contributed by atoms with Crippen LogP contribution in [0.4, 0.5) is 0 Å². The number of carbonyl (C=O) groups excluding carboxylic acids is 2. The van der Waals surface area contributed by atoms with E-state index in [4.69, 9.17) is 9.47 Å². The lowest BCUT2D eigenvalue weighted by Crippen LogP contribution is -2.31. The number of allylic oxidation sites excluding steroid dienone is 2. The van der Waals surface area contributed by atoms with Crippen molar-refractivity contribution in [1.82, 2.24) is 14.6 Å². The van der Waals surface area contributed by atoms with E-state index in [1.54, 1.807) is 17.5 Å². The minimum Gasteiger partial charge on any atom is -0.464 e. The third-order valence-corrected chi connectivity index (χ3v) is 5.70. The number of aromatic nitrogens is 3. The van der Waals surface area contributed by atoms with Crippen molar-refractivity contribution in [3.63, 3.8) is 0 Å². The fourth-order valence-electron chi connectivity index (χ4n) is 4.02. The second-order valence-electron chi connectivity index (χ2n) is 10.3. The summed E-state index contributed by atoms with van der Waals surface area (Å²) in [5.74, 6) is -0.587. The largest absolute Gasteiger partial charge is 0.464 e. The van der Waals surface area contributed by atoms with E-state index < -0.39 is 17.7 Å². The highest BCUT2D eigenvalue weighted by atomic mass is 16.6. The number of ether oxygens (including phenoxy) is 2. The first kappa shape index (κ1) is 24.1. The fourth-order valence-corrected chi connectivity index (χ4v) is 4.02. The SMILES string of the molecule is CCOC(=O)[C@@H](OC(C)(C)C)c1c(C)nc2cc(C(C)=O)nn2c1C1=CCC(C)(C)CC1. The van der Waals surface area contributed by atoms with Gasteiger partial charge in [-0.3, -0.25) is 4.79 Å². The van der Waals surface area contributed by atoms with Gasteiger partial charge in [0.25, 0.3) is 0 Å². The van der Waals surface area contributed by atoms with Gasteiger partial charge in [0.15, 0.2) is 17.5 Å². The zero-order valence-corrected chi connectivity index (χ0v) is 20.5. The van der Waals surface area contributed by atoms with Crippen LogP contribution in [-0.2, 0) is 14.3 Å². The topological polar surface area (TPSA) is 82.8 Å². The Hall–Kier alpha value is -2.54. The number of hydrogen-bond acceptors (Lipinski definition) is 6. The van der Waals surface area contributed by atoms with Crippen LogP contribution in [0.3, 0.4) is 0 Å². The molecule has 1 aliphatic rings. The highest BCUT2D eigenvalue weighted by molar-refractivity contribution is 5.93. The van der Waals surface area contributed by atoms with Crippen molar-refractivity contribution in [3.05, 3.63) is 34.8 Å². The zero-order valence-electron chi connectivity index (χ0n) is 20.5. The standard InChI is InChI=1S/C25H35N3O4/c1-9-31-23(30)22(32-24(4,5)6)20-15(2)26-19-14-18(16(3)29)27-28(19)21(20)17-10-12-25(7,8)13-11-17/h10,14,22H,9,11-13H2,1-8H3/t22-/m0/s1. The van der Waals surface area contributed by atoms with Gasteiger partial charge in [0, 0.05) is 24.2 Å². The lowest BCUT2D eigenvalue weighted by molar-refractivity contribution is -0.167. The molecule has 0 aliphatic heterocycles. The van der Waals surface area contributed by atoms with Gasteiger partial charge in [-0.1, -0.05) is 19.9 Å². The first-order valence-corrected chi connectivity index (χ1v) is 11.3. The molecular weight excluding hydrogens is 406 g/mol. The summed E-state index contributed by atoms with van der Waals surface area (Å²) in [6.07, 6.45) is 4.01. The van der Waals surface area contributed by atoms with Crippen molar-refractivity contribution >= 4 is 23.0 Å². The predicted molar refractivity (Wildman–Crippen MR) is 124 cm³/mol. The second-order valence-corrected chi connectivity index (χ2v) is 10.3. The summed E-state index contributed by atoms with van der Waals surface area (Å²) >= 11 is 0. The Morgan fingerprint density at radius 1 is 1.28 bits per heavy atom.